The first-order valence-corrected chi connectivity index (χ1v) is 5.07. The molecule has 1 aromatic carbocycles. The molecule has 2 rings (SSSR count). The summed E-state index contributed by atoms with van der Waals surface area (Å²) in [7, 11) is 0. The van der Waals surface area contributed by atoms with Crippen molar-refractivity contribution in [3.05, 3.63) is 40.7 Å². The van der Waals surface area contributed by atoms with Crippen LogP contribution in [-0.4, -0.2) is 0 Å². The summed E-state index contributed by atoms with van der Waals surface area (Å²) in [6.45, 7) is 0. The third-order valence-electron chi connectivity index (χ3n) is 1.82. The van der Waals surface area contributed by atoms with Crippen LogP contribution in [0.5, 0.6) is 0 Å². The molecule has 0 spiro atoms. The third kappa shape index (κ3) is 1.69. The lowest BCUT2D eigenvalue weighted by Crippen LogP contribution is -1.82. The molecule has 0 saturated heterocycles. The average Bonchev–Trinajstić information content (AvgIpc) is 2.47. The second kappa shape index (κ2) is 3.40. The van der Waals surface area contributed by atoms with Gasteiger partial charge >= 0.3 is 0 Å². The van der Waals surface area contributed by atoms with Crippen molar-refractivity contribution in [1.82, 2.24) is 0 Å². The highest BCUT2D eigenvalue weighted by Gasteiger charge is 2.05. The van der Waals surface area contributed by atoms with Gasteiger partial charge in [0.05, 0.1) is 9.34 Å². The van der Waals surface area contributed by atoms with E-state index in [9.17, 15) is 0 Å². The molecule has 0 amide bonds. The third-order valence-corrected chi connectivity index (χ3v) is 2.91. The van der Waals surface area contributed by atoms with Crippen molar-refractivity contribution in [3.8, 4) is 11.1 Å². The quantitative estimate of drug-likeness (QED) is 0.763. The molecule has 0 radical (unpaired) electrons. The summed E-state index contributed by atoms with van der Waals surface area (Å²) in [6.07, 6.45) is 0. The molecule has 1 nitrogen and oxygen atoms in total. The minimum Gasteiger partial charge on any atom is -0.390 e. The minimum atomic E-state index is 0.733. The number of halogens is 1. The van der Waals surface area contributed by atoms with Gasteiger partial charge in [0.25, 0.3) is 0 Å². The molecular formula is C10H8ClNS. The molecule has 2 aromatic rings. The second-order valence-corrected chi connectivity index (χ2v) is 4.41. The van der Waals surface area contributed by atoms with Crippen LogP contribution in [-0.2, 0) is 0 Å². The van der Waals surface area contributed by atoms with E-state index in [4.69, 9.17) is 17.3 Å². The van der Waals surface area contributed by atoms with Crippen molar-refractivity contribution in [1.29, 1.82) is 0 Å². The lowest BCUT2D eigenvalue weighted by molar-refractivity contribution is 1.67. The maximum absolute atomic E-state index is 5.85. The number of hydrogen-bond donors (Lipinski definition) is 1. The van der Waals surface area contributed by atoms with Gasteiger partial charge in [-0.05, 0) is 11.6 Å². The fourth-order valence-corrected chi connectivity index (χ4v) is 2.25. The summed E-state index contributed by atoms with van der Waals surface area (Å²) in [6, 6.07) is 11.9. The fraction of sp³-hybridized carbons (Fsp3) is 0. The van der Waals surface area contributed by atoms with E-state index in [2.05, 4.69) is 0 Å². The molecule has 0 aliphatic rings. The number of rotatable bonds is 1. The predicted octanol–water partition coefficient (Wildman–Crippen LogP) is 3.65. The molecule has 0 aliphatic heterocycles. The van der Waals surface area contributed by atoms with Gasteiger partial charge < -0.3 is 5.73 Å². The Morgan fingerprint density at radius 1 is 1.15 bits per heavy atom. The standard InChI is InChI=1S/C10H8ClNS/c11-9-6-8(10(12)13-9)7-4-2-1-3-5-7/h1-6H,12H2. The van der Waals surface area contributed by atoms with Crippen molar-refractivity contribution in [3.63, 3.8) is 0 Å². The largest absolute Gasteiger partial charge is 0.390 e. The van der Waals surface area contributed by atoms with Crippen molar-refractivity contribution < 1.29 is 0 Å². The van der Waals surface area contributed by atoms with Gasteiger partial charge in [-0.15, -0.1) is 11.3 Å². The molecule has 0 saturated carbocycles. The first-order valence-electron chi connectivity index (χ1n) is 3.87. The van der Waals surface area contributed by atoms with Gasteiger partial charge in [-0.1, -0.05) is 41.9 Å². The van der Waals surface area contributed by atoms with Crippen molar-refractivity contribution in [2.75, 3.05) is 5.73 Å². The Bertz CT molecular complexity index is 408. The second-order valence-electron chi connectivity index (χ2n) is 2.69. The van der Waals surface area contributed by atoms with Gasteiger partial charge in [0.1, 0.15) is 0 Å². The maximum atomic E-state index is 5.85. The number of thiophene rings is 1. The van der Waals surface area contributed by atoms with Crippen molar-refractivity contribution >= 4 is 27.9 Å². The highest BCUT2D eigenvalue weighted by atomic mass is 35.5. The Morgan fingerprint density at radius 2 is 1.85 bits per heavy atom. The molecule has 3 heteroatoms. The molecule has 13 heavy (non-hydrogen) atoms. The van der Waals surface area contributed by atoms with E-state index >= 15 is 0 Å². The van der Waals surface area contributed by atoms with E-state index in [1.54, 1.807) is 0 Å². The number of anilines is 1. The Morgan fingerprint density at radius 3 is 2.38 bits per heavy atom. The van der Waals surface area contributed by atoms with Crippen molar-refractivity contribution in [2.45, 2.75) is 0 Å². The fourth-order valence-electron chi connectivity index (χ4n) is 1.22. The monoisotopic (exact) mass is 209 g/mol. The van der Waals surface area contributed by atoms with Crippen LogP contribution >= 0.6 is 22.9 Å². The zero-order valence-corrected chi connectivity index (χ0v) is 8.40. The van der Waals surface area contributed by atoms with E-state index in [0.717, 1.165) is 20.5 Å². The Kier molecular flexibility index (Phi) is 2.25. The molecule has 1 aromatic heterocycles. The van der Waals surface area contributed by atoms with Gasteiger partial charge in [0.15, 0.2) is 0 Å². The Balaban J connectivity index is 2.53. The summed E-state index contributed by atoms with van der Waals surface area (Å²) >= 11 is 7.26. The summed E-state index contributed by atoms with van der Waals surface area (Å²) in [5.41, 5.74) is 7.95. The van der Waals surface area contributed by atoms with E-state index in [-0.39, 0.29) is 0 Å². The van der Waals surface area contributed by atoms with Gasteiger partial charge in [0.2, 0.25) is 0 Å². The van der Waals surface area contributed by atoms with E-state index < -0.39 is 0 Å². The molecule has 0 atom stereocenters. The van der Waals surface area contributed by atoms with Crippen LogP contribution in [0.1, 0.15) is 0 Å². The number of nitrogens with two attached hydrogens (primary N) is 1. The number of benzene rings is 1. The predicted molar refractivity (Wildman–Crippen MR) is 59.2 cm³/mol. The Labute approximate surface area is 85.8 Å². The van der Waals surface area contributed by atoms with Crippen molar-refractivity contribution in [2.24, 2.45) is 0 Å². The zero-order valence-electron chi connectivity index (χ0n) is 6.83. The first-order chi connectivity index (χ1) is 6.27. The summed E-state index contributed by atoms with van der Waals surface area (Å²) in [5.74, 6) is 0. The molecule has 1 heterocycles. The van der Waals surface area contributed by atoms with Gasteiger partial charge in [-0.3, -0.25) is 0 Å². The van der Waals surface area contributed by atoms with E-state index in [1.165, 1.54) is 11.3 Å². The zero-order chi connectivity index (χ0) is 9.26. The molecule has 0 fully saturated rings. The van der Waals surface area contributed by atoms with Crippen LogP contribution in [0.2, 0.25) is 4.34 Å². The van der Waals surface area contributed by atoms with Gasteiger partial charge in [-0.2, -0.15) is 0 Å². The lowest BCUT2D eigenvalue weighted by atomic mass is 10.1. The van der Waals surface area contributed by atoms with Crippen LogP contribution in [0.25, 0.3) is 11.1 Å². The molecule has 0 unspecified atom stereocenters. The van der Waals surface area contributed by atoms with Gasteiger partial charge in [0, 0.05) is 5.56 Å². The minimum absolute atomic E-state index is 0.733. The molecule has 2 N–H and O–H groups in total. The van der Waals surface area contributed by atoms with Crippen LogP contribution in [0.3, 0.4) is 0 Å². The Hall–Kier alpha value is -0.990. The smallest absolute Gasteiger partial charge is 0.0956 e. The molecule has 66 valence electrons. The van der Waals surface area contributed by atoms with Gasteiger partial charge in [-0.25, -0.2) is 0 Å². The molecule has 0 bridgehead atoms. The first kappa shape index (κ1) is 8.60. The number of nitrogen functional groups attached to an aromatic ring is 1. The van der Waals surface area contributed by atoms with Crippen LogP contribution in [0.4, 0.5) is 5.00 Å². The normalized spacial score (nSPS) is 10.2. The highest BCUT2D eigenvalue weighted by Crippen LogP contribution is 2.36. The molecule has 0 aliphatic carbocycles. The van der Waals surface area contributed by atoms with E-state index in [1.807, 2.05) is 36.4 Å². The topological polar surface area (TPSA) is 26.0 Å². The SMILES string of the molecule is Nc1sc(Cl)cc1-c1ccccc1. The summed E-state index contributed by atoms with van der Waals surface area (Å²) in [4.78, 5) is 0. The maximum Gasteiger partial charge on any atom is 0.0956 e. The van der Waals surface area contributed by atoms with Crippen LogP contribution in [0.15, 0.2) is 36.4 Å². The lowest BCUT2D eigenvalue weighted by Gasteiger charge is -1.97. The summed E-state index contributed by atoms with van der Waals surface area (Å²) < 4.78 is 0.733. The summed E-state index contributed by atoms with van der Waals surface area (Å²) in [5, 5.41) is 0.774. The molecular weight excluding hydrogens is 202 g/mol. The number of hydrogen-bond acceptors (Lipinski definition) is 2. The van der Waals surface area contributed by atoms with E-state index in [0.29, 0.717) is 0 Å². The van der Waals surface area contributed by atoms with Crippen LogP contribution < -0.4 is 5.73 Å². The van der Waals surface area contributed by atoms with Crippen LogP contribution in [0, 0.1) is 0 Å². The average molecular weight is 210 g/mol. The highest BCUT2D eigenvalue weighted by molar-refractivity contribution is 7.20.